The molecule has 0 aromatic carbocycles. The van der Waals surface area contributed by atoms with Gasteiger partial charge in [0.25, 0.3) is 5.91 Å². The van der Waals surface area contributed by atoms with Crippen LogP contribution in [-0.4, -0.2) is 57.4 Å². The van der Waals surface area contributed by atoms with Crippen LogP contribution in [0, 0.1) is 0 Å². The van der Waals surface area contributed by atoms with Crippen molar-refractivity contribution < 1.29 is 4.79 Å². The van der Waals surface area contributed by atoms with Crippen molar-refractivity contribution in [2.24, 2.45) is 5.73 Å². The topological polar surface area (TPSA) is 113 Å². The van der Waals surface area contributed by atoms with Gasteiger partial charge in [-0.25, -0.2) is 19.9 Å². The maximum atomic E-state index is 12.9. The normalized spacial score (nSPS) is 13.8. The molecule has 184 valence electrons. The molecule has 1 fully saturated rings. The first-order valence-corrected chi connectivity index (χ1v) is 12.8. The first kappa shape index (κ1) is 24.9. The number of amides is 1. The Hall–Kier alpha value is -3.18. The van der Waals surface area contributed by atoms with Gasteiger partial charge in [0.1, 0.15) is 5.82 Å². The van der Waals surface area contributed by atoms with Gasteiger partial charge in [0.05, 0.1) is 11.3 Å². The zero-order chi connectivity index (χ0) is 24.9. The van der Waals surface area contributed by atoms with Gasteiger partial charge in [0.15, 0.2) is 5.13 Å². The smallest absolute Gasteiger partial charge is 0.255 e. The van der Waals surface area contributed by atoms with Crippen molar-refractivity contribution in [3.05, 3.63) is 58.6 Å². The summed E-state index contributed by atoms with van der Waals surface area (Å²) >= 11 is 5.81. The second kappa shape index (κ2) is 11.0. The Labute approximate surface area is 214 Å². The summed E-state index contributed by atoms with van der Waals surface area (Å²) in [6.45, 7) is 5.79. The highest BCUT2D eigenvalue weighted by Crippen LogP contribution is 2.39. The van der Waals surface area contributed by atoms with E-state index >= 15 is 0 Å². The van der Waals surface area contributed by atoms with Crippen LogP contribution < -0.4 is 16.0 Å². The predicted molar refractivity (Wildman–Crippen MR) is 144 cm³/mol. The van der Waals surface area contributed by atoms with Crippen LogP contribution >= 0.6 is 24.0 Å². The third kappa shape index (κ3) is 6.29. The number of likely N-dealkylation sites (N-methyl/N-ethyl adjacent to an activating group) is 2. The van der Waals surface area contributed by atoms with Crippen LogP contribution in [0.4, 0.5) is 16.9 Å². The molecule has 0 atom stereocenters. The SMILES string of the molecule is CCN(CCN(C)C(=O)c1ccc(Nc2nc(/C(S)=C(\C)N)cs2)nc1)c1ncc(C2CC2)cn1. The number of aromatic nitrogens is 4. The predicted octanol–water partition coefficient (Wildman–Crippen LogP) is 4.12. The molecule has 1 saturated carbocycles. The van der Waals surface area contributed by atoms with E-state index in [1.54, 1.807) is 37.2 Å². The summed E-state index contributed by atoms with van der Waals surface area (Å²) in [6, 6.07) is 3.52. The molecular formula is C24H30N8OS2. The Morgan fingerprint density at radius 3 is 2.54 bits per heavy atom. The average Bonchev–Trinajstić information content (AvgIpc) is 3.62. The van der Waals surface area contributed by atoms with Gasteiger partial charge >= 0.3 is 0 Å². The molecule has 1 aliphatic rings. The Kier molecular flexibility index (Phi) is 7.86. The summed E-state index contributed by atoms with van der Waals surface area (Å²) in [5.74, 6) is 1.84. The van der Waals surface area contributed by atoms with Crippen LogP contribution in [0.15, 0.2) is 41.8 Å². The lowest BCUT2D eigenvalue weighted by molar-refractivity contribution is 0.0798. The van der Waals surface area contributed by atoms with Gasteiger partial charge in [-0.3, -0.25) is 4.79 Å². The van der Waals surface area contributed by atoms with Crippen LogP contribution in [0.5, 0.6) is 0 Å². The van der Waals surface area contributed by atoms with Crippen LogP contribution in [-0.2, 0) is 0 Å². The van der Waals surface area contributed by atoms with Crippen LogP contribution in [0.1, 0.15) is 54.2 Å². The molecular weight excluding hydrogens is 480 g/mol. The molecule has 3 aromatic rings. The molecule has 11 heteroatoms. The summed E-state index contributed by atoms with van der Waals surface area (Å²) in [4.78, 5) is 35.2. The monoisotopic (exact) mass is 510 g/mol. The summed E-state index contributed by atoms with van der Waals surface area (Å²) in [5, 5.41) is 5.69. The molecule has 1 aliphatic carbocycles. The Morgan fingerprint density at radius 1 is 1.20 bits per heavy atom. The van der Waals surface area contributed by atoms with Crippen molar-refractivity contribution in [1.82, 2.24) is 24.8 Å². The number of rotatable bonds is 10. The van der Waals surface area contributed by atoms with Crippen molar-refractivity contribution in [2.45, 2.75) is 32.6 Å². The first-order valence-electron chi connectivity index (χ1n) is 11.5. The fourth-order valence-corrected chi connectivity index (χ4v) is 4.37. The largest absolute Gasteiger partial charge is 0.401 e. The molecule has 3 heterocycles. The first-order chi connectivity index (χ1) is 16.9. The molecule has 0 unspecified atom stereocenters. The molecule has 0 radical (unpaired) electrons. The highest BCUT2D eigenvalue weighted by molar-refractivity contribution is 7.90. The molecule has 0 spiro atoms. The van der Waals surface area contributed by atoms with E-state index in [0.29, 0.717) is 57.8 Å². The van der Waals surface area contributed by atoms with Crippen molar-refractivity contribution in [1.29, 1.82) is 0 Å². The maximum Gasteiger partial charge on any atom is 0.255 e. The number of allylic oxidation sites excluding steroid dienone is 1. The number of nitrogens with two attached hydrogens (primary N) is 1. The number of carbonyl (C=O) groups excluding carboxylic acids is 1. The Bertz CT molecular complexity index is 1180. The fraction of sp³-hybridized carbons (Fsp3) is 0.375. The number of pyridine rings is 1. The van der Waals surface area contributed by atoms with Gasteiger partial charge in [-0.2, -0.15) is 0 Å². The van der Waals surface area contributed by atoms with E-state index in [1.807, 2.05) is 17.8 Å². The third-order valence-corrected chi connectivity index (χ3v) is 7.13. The van der Waals surface area contributed by atoms with Gasteiger partial charge in [-0.05, 0) is 50.3 Å². The lowest BCUT2D eigenvalue weighted by Crippen LogP contribution is -2.37. The molecule has 4 rings (SSSR count). The summed E-state index contributed by atoms with van der Waals surface area (Å²) < 4.78 is 0. The standard InChI is InChI=1S/C24H30N8OS2/c1-4-32(23-27-12-18(13-28-23)16-5-6-16)10-9-31(3)22(33)17-7-8-20(26-11-17)30-24-29-19(14-35-24)21(34)15(2)25/h7-8,11-14,16,34H,4-6,9-10,25H2,1-3H3,(H,26,29,30)/b21-15-. The number of anilines is 3. The minimum absolute atomic E-state index is 0.0927. The molecule has 3 N–H and O–H groups in total. The minimum Gasteiger partial charge on any atom is -0.401 e. The highest BCUT2D eigenvalue weighted by atomic mass is 32.1. The van der Waals surface area contributed by atoms with Crippen LogP contribution in [0.25, 0.3) is 4.91 Å². The number of thiazole rings is 1. The van der Waals surface area contributed by atoms with Crippen molar-refractivity contribution in [3.63, 3.8) is 0 Å². The molecule has 3 aromatic heterocycles. The van der Waals surface area contributed by atoms with E-state index < -0.39 is 0 Å². The van der Waals surface area contributed by atoms with Crippen molar-refractivity contribution in [2.75, 3.05) is 36.9 Å². The molecule has 0 aliphatic heterocycles. The zero-order valence-corrected chi connectivity index (χ0v) is 21.8. The Morgan fingerprint density at radius 2 is 1.94 bits per heavy atom. The van der Waals surface area contributed by atoms with Crippen molar-refractivity contribution >= 4 is 51.7 Å². The highest BCUT2D eigenvalue weighted by Gasteiger charge is 2.24. The van der Waals surface area contributed by atoms with Gasteiger partial charge < -0.3 is 20.9 Å². The summed E-state index contributed by atoms with van der Waals surface area (Å²) in [6.07, 6.45) is 7.89. The second-order valence-corrected chi connectivity index (χ2v) is 9.83. The number of hydrogen-bond acceptors (Lipinski definition) is 10. The number of carbonyl (C=O) groups is 1. The van der Waals surface area contributed by atoms with E-state index in [1.165, 1.54) is 29.7 Å². The second-order valence-electron chi connectivity index (χ2n) is 8.52. The van der Waals surface area contributed by atoms with E-state index in [9.17, 15) is 4.79 Å². The lowest BCUT2D eigenvalue weighted by atomic mass is 10.2. The van der Waals surface area contributed by atoms with Crippen molar-refractivity contribution in [3.8, 4) is 0 Å². The molecule has 0 bridgehead atoms. The quantitative estimate of drug-likeness (QED) is 0.349. The third-order valence-electron chi connectivity index (χ3n) is 5.79. The zero-order valence-electron chi connectivity index (χ0n) is 20.1. The summed E-state index contributed by atoms with van der Waals surface area (Å²) in [5.41, 5.74) is 8.83. The molecule has 1 amide bonds. The number of nitrogens with zero attached hydrogens (tertiary/aromatic N) is 6. The summed E-state index contributed by atoms with van der Waals surface area (Å²) in [7, 11) is 1.79. The fourth-order valence-electron chi connectivity index (χ4n) is 3.46. The Balaban J connectivity index is 1.31. The lowest BCUT2D eigenvalue weighted by Gasteiger charge is -2.24. The number of thiol groups is 1. The van der Waals surface area contributed by atoms with Gasteiger partial charge in [0.2, 0.25) is 5.95 Å². The van der Waals surface area contributed by atoms with E-state index in [2.05, 4.69) is 49.7 Å². The van der Waals surface area contributed by atoms with Gasteiger partial charge in [0, 0.05) is 61.3 Å². The molecule has 9 nitrogen and oxygen atoms in total. The number of hydrogen-bond donors (Lipinski definition) is 3. The molecule has 35 heavy (non-hydrogen) atoms. The van der Waals surface area contributed by atoms with Gasteiger partial charge in [-0.15, -0.1) is 24.0 Å². The number of nitrogens with one attached hydrogen (secondary N) is 1. The van der Waals surface area contributed by atoms with E-state index in [4.69, 9.17) is 5.73 Å². The van der Waals surface area contributed by atoms with E-state index in [0.717, 1.165) is 6.54 Å². The molecule has 0 saturated heterocycles. The van der Waals surface area contributed by atoms with Crippen LogP contribution in [0.3, 0.4) is 0 Å². The average molecular weight is 511 g/mol. The van der Waals surface area contributed by atoms with Crippen LogP contribution in [0.2, 0.25) is 0 Å². The van der Waals surface area contributed by atoms with E-state index in [-0.39, 0.29) is 5.91 Å². The van der Waals surface area contributed by atoms with Gasteiger partial charge in [-0.1, -0.05) is 0 Å². The minimum atomic E-state index is -0.0927. The maximum absolute atomic E-state index is 12.9.